The van der Waals surface area contributed by atoms with Crippen molar-refractivity contribution >= 4 is 43.6 Å². The molecule has 0 amide bonds. The summed E-state index contributed by atoms with van der Waals surface area (Å²) >= 11 is 0. The van der Waals surface area contributed by atoms with E-state index in [1.807, 2.05) is 30.3 Å². The van der Waals surface area contributed by atoms with Crippen molar-refractivity contribution < 1.29 is 0 Å². The molecule has 0 atom stereocenters. The van der Waals surface area contributed by atoms with Crippen molar-refractivity contribution in [2.24, 2.45) is 0 Å². The van der Waals surface area contributed by atoms with E-state index in [1.54, 1.807) is 0 Å². The third-order valence-corrected chi connectivity index (χ3v) is 7.75. The molecule has 0 N–H and O–H groups in total. The highest BCUT2D eigenvalue weighted by molar-refractivity contribution is 6.18. The molecule has 0 radical (unpaired) electrons. The Kier molecular flexibility index (Phi) is 4.85. The Bertz CT molecular complexity index is 2260. The summed E-state index contributed by atoms with van der Waals surface area (Å²) < 4.78 is 4.63. The van der Waals surface area contributed by atoms with Crippen molar-refractivity contribution in [2.45, 2.75) is 0 Å². The molecule has 0 spiro atoms. The van der Waals surface area contributed by atoms with E-state index < -0.39 is 0 Å². The van der Waals surface area contributed by atoms with Crippen LogP contribution in [0.25, 0.3) is 66.4 Å². The summed E-state index contributed by atoms with van der Waals surface area (Å²) in [4.78, 5) is 5.11. The van der Waals surface area contributed by atoms with E-state index in [9.17, 15) is 5.26 Å². The SMILES string of the molecule is N#Cc1ccc(-c2cccc(-n3c4ccccc4c4cc5c(cc43)c3ccccc3n5-c3ccccc3)n2)cc1. The molecule has 0 aliphatic carbocycles. The zero-order valence-corrected chi connectivity index (χ0v) is 21.5. The van der Waals surface area contributed by atoms with Gasteiger partial charge in [0.15, 0.2) is 0 Å². The van der Waals surface area contributed by atoms with Crippen LogP contribution in [0.2, 0.25) is 0 Å². The summed E-state index contributed by atoms with van der Waals surface area (Å²) in [6, 6.07) is 48.3. The molecule has 4 heteroatoms. The Hall–Kier alpha value is -5.66. The first-order valence-electron chi connectivity index (χ1n) is 13.3. The van der Waals surface area contributed by atoms with Crippen molar-refractivity contribution in [2.75, 3.05) is 0 Å². The van der Waals surface area contributed by atoms with Crippen LogP contribution in [0.5, 0.6) is 0 Å². The first-order valence-corrected chi connectivity index (χ1v) is 13.3. The average molecular weight is 511 g/mol. The normalized spacial score (nSPS) is 11.5. The van der Waals surface area contributed by atoms with Crippen LogP contribution < -0.4 is 0 Å². The summed E-state index contributed by atoms with van der Waals surface area (Å²) in [7, 11) is 0. The van der Waals surface area contributed by atoms with Crippen LogP contribution in [0, 0.1) is 11.3 Å². The predicted molar refractivity (Wildman–Crippen MR) is 163 cm³/mol. The van der Waals surface area contributed by atoms with Gasteiger partial charge in [-0.15, -0.1) is 0 Å². The lowest BCUT2D eigenvalue weighted by molar-refractivity contribution is 1.08. The Morgan fingerprint density at radius 3 is 1.77 bits per heavy atom. The van der Waals surface area contributed by atoms with E-state index in [0.717, 1.165) is 33.8 Å². The van der Waals surface area contributed by atoms with Gasteiger partial charge < -0.3 is 4.57 Å². The number of fused-ring (bicyclic) bond motifs is 6. The highest BCUT2D eigenvalue weighted by Crippen LogP contribution is 2.39. The van der Waals surface area contributed by atoms with E-state index in [2.05, 4.69) is 118 Å². The third kappa shape index (κ3) is 3.28. The van der Waals surface area contributed by atoms with Crippen molar-refractivity contribution in [3.05, 3.63) is 139 Å². The average Bonchev–Trinajstić information content (AvgIpc) is 3.52. The second kappa shape index (κ2) is 8.69. The molecule has 0 aliphatic heterocycles. The van der Waals surface area contributed by atoms with Gasteiger partial charge in [0.2, 0.25) is 0 Å². The monoisotopic (exact) mass is 510 g/mol. The van der Waals surface area contributed by atoms with Gasteiger partial charge in [-0.05, 0) is 60.7 Å². The zero-order valence-electron chi connectivity index (χ0n) is 21.5. The number of pyridine rings is 1. The molecule has 5 aromatic carbocycles. The second-order valence-electron chi connectivity index (χ2n) is 10.00. The van der Waals surface area contributed by atoms with Crippen molar-refractivity contribution in [1.82, 2.24) is 14.1 Å². The van der Waals surface area contributed by atoms with E-state index in [-0.39, 0.29) is 0 Å². The standard InChI is InChI=1S/C36H22N4/c37-23-24-17-19-25(20-18-24)31-13-8-16-36(38-31)40-33-15-7-5-12-28(33)30-21-34-29(22-35(30)40)27-11-4-6-14-32(27)39(34)26-9-2-1-3-10-26/h1-22H. The van der Waals surface area contributed by atoms with Gasteiger partial charge in [-0.2, -0.15) is 5.26 Å². The third-order valence-electron chi connectivity index (χ3n) is 7.75. The summed E-state index contributed by atoms with van der Waals surface area (Å²) in [5, 5.41) is 14.0. The minimum absolute atomic E-state index is 0.640. The molecule has 0 saturated carbocycles. The summed E-state index contributed by atoms with van der Waals surface area (Å²) in [6.45, 7) is 0. The molecule has 0 aliphatic rings. The quantitative estimate of drug-likeness (QED) is 0.238. The molecule has 8 rings (SSSR count). The summed E-state index contributed by atoms with van der Waals surface area (Å²) in [5.74, 6) is 0.860. The fourth-order valence-electron chi connectivity index (χ4n) is 5.96. The second-order valence-corrected chi connectivity index (χ2v) is 10.00. The molecule has 3 aromatic heterocycles. The Balaban J connectivity index is 1.44. The number of benzene rings is 5. The van der Waals surface area contributed by atoms with Crippen LogP contribution in [0.15, 0.2) is 133 Å². The Morgan fingerprint density at radius 1 is 0.500 bits per heavy atom. The molecule has 0 saturated heterocycles. The zero-order chi connectivity index (χ0) is 26.6. The van der Waals surface area contributed by atoms with Crippen LogP contribution in [0.1, 0.15) is 5.56 Å². The van der Waals surface area contributed by atoms with Crippen LogP contribution >= 0.6 is 0 Å². The smallest absolute Gasteiger partial charge is 0.138 e. The van der Waals surface area contributed by atoms with Crippen LogP contribution in [0.3, 0.4) is 0 Å². The van der Waals surface area contributed by atoms with Crippen LogP contribution in [0.4, 0.5) is 0 Å². The molecule has 0 unspecified atom stereocenters. The maximum Gasteiger partial charge on any atom is 0.138 e. The minimum atomic E-state index is 0.640. The largest absolute Gasteiger partial charge is 0.309 e. The van der Waals surface area contributed by atoms with Gasteiger partial charge in [0.1, 0.15) is 5.82 Å². The molecule has 0 fully saturated rings. The molecule has 186 valence electrons. The molecular weight excluding hydrogens is 488 g/mol. The van der Waals surface area contributed by atoms with E-state index in [0.29, 0.717) is 5.56 Å². The van der Waals surface area contributed by atoms with Crippen molar-refractivity contribution in [3.8, 4) is 28.8 Å². The minimum Gasteiger partial charge on any atom is -0.309 e. The fourth-order valence-corrected chi connectivity index (χ4v) is 5.96. The van der Waals surface area contributed by atoms with E-state index in [1.165, 1.54) is 32.6 Å². The van der Waals surface area contributed by atoms with E-state index >= 15 is 0 Å². The van der Waals surface area contributed by atoms with E-state index in [4.69, 9.17) is 4.98 Å². The molecule has 4 nitrogen and oxygen atoms in total. The number of rotatable bonds is 3. The van der Waals surface area contributed by atoms with Gasteiger partial charge in [0.25, 0.3) is 0 Å². The topological polar surface area (TPSA) is 46.5 Å². The lowest BCUT2D eigenvalue weighted by Gasteiger charge is -2.10. The van der Waals surface area contributed by atoms with Crippen LogP contribution in [-0.2, 0) is 0 Å². The van der Waals surface area contributed by atoms with Gasteiger partial charge in [-0.25, -0.2) is 4.98 Å². The maximum atomic E-state index is 9.21. The Labute approximate surface area is 230 Å². The first kappa shape index (κ1) is 22.3. The maximum absolute atomic E-state index is 9.21. The lowest BCUT2D eigenvalue weighted by Crippen LogP contribution is -1.98. The summed E-state index contributed by atoms with van der Waals surface area (Å²) in [5.41, 5.74) is 8.24. The number of hydrogen-bond donors (Lipinski definition) is 0. The number of nitrogens with zero attached hydrogens (tertiary/aromatic N) is 4. The molecule has 40 heavy (non-hydrogen) atoms. The lowest BCUT2D eigenvalue weighted by atomic mass is 10.1. The fraction of sp³-hybridized carbons (Fsp3) is 0. The Morgan fingerprint density at radius 2 is 1.10 bits per heavy atom. The highest BCUT2D eigenvalue weighted by atomic mass is 15.1. The first-order chi connectivity index (χ1) is 19.8. The van der Waals surface area contributed by atoms with Gasteiger partial charge in [-0.1, -0.05) is 72.8 Å². The molecule has 3 heterocycles. The number of para-hydroxylation sites is 3. The molecular formula is C36H22N4. The summed E-state index contributed by atoms with van der Waals surface area (Å²) in [6.07, 6.45) is 0. The number of aromatic nitrogens is 3. The van der Waals surface area contributed by atoms with Crippen LogP contribution in [-0.4, -0.2) is 14.1 Å². The molecule has 0 bridgehead atoms. The van der Waals surface area contributed by atoms with Crippen molar-refractivity contribution in [1.29, 1.82) is 5.26 Å². The van der Waals surface area contributed by atoms with Gasteiger partial charge in [0.05, 0.1) is 39.4 Å². The predicted octanol–water partition coefficient (Wildman–Crippen LogP) is 8.81. The van der Waals surface area contributed by atoms with Gasteiger partial charge in [0, 0.05) is 32.8 Å². The van der Waals surface area contributed by atoms with Crippen molar-refractivity contribution in [3.63, 3.8) is 0 Å². The number of nitriles is 1. The highest BCUT2D eigenvalue weighted by Gasteiger charge is 2.18. The van der Waals surface area contributed by atoms with Gasteiger partial charge in [-0.3, -0.25) is 4.57 Å². The molecule has 8 aromatic rings. The van der Waals surface area contributed by atoms with Gasteiger partial charge >= 0.3 is 0 Å². The number of hydrogen-bond acceptors (Lipinski definition) is 2.